The normalized spacial score (nSPS) is 13.0. The molecule has 1 aliphatic rings. The molecule has 60 heavy (non-hydrogen) atoms. The summed E-state index contributed by atoms with van der Waals surface area (Å²) in [6.07, 6.45) is -0.284. The van der Waals surface area contributed by atoms with Gasteiger partial charge in [0.1, 0.15) is 6.10 Å². The second kappa shape index (κ2) is 23.8. The number of ether oxygens (including phenoxy) is 3. The highest BCUT2D eigenvalue weighted by atomic mass is 35.5. The van der Waals surface area contributed by atoms with Gasteiger partial charge in [0.25, 0.3) is 0 Å². The molecule has 0 amide bonds. The first kappa shape index (κ1) is 45.4. The summed E-state index contributed by atoms with van der Waals surface area (Å²) in [4.78, 5) is 23.3. The molecule has 0 saturated carbocycles. The zero-order valence-electron chi connectivity index (χ0n) is 33.6. The van der Waals surface area contributed by atoms with Gasteiger partial charge in [-0.1, -0.05) is 96.0 Å². The van der Waals surface area contributed by atoms with Gasteiger partial charge in [0.15, 0.2) is 0 Å². The van der Waals surface area contributed by atoms with Gasteiger partial charge < -0.3 is 41.0 Å². The van der Waals surface area contributed by atoms with Crippen molar-refractivity contribution in [3.8, 4) is 22.3 Å². The van der Waals surface area contributed by atoms with Crippen molar-refractivity contribution in [2.45, 2.75) is 12.2 Å². The Kier molecular flexibility index (Phi) is 18.0. The Hall–Kier alpha value is -5.72. The molecular weight excluding hydrogens is 799 g/mol. The summed E-state index contributed by atoms with van der Waals surface area (Å²) >= 11 is 11.7. The van der Waals surface area contributed by atoms with Crippen molar-refractivity contribution >= 4 is 46.5 Å². The Labute approximate surface area is 361 Å². The minimum atomic E-state index is -0.603. The number of methoxy groups -OCH3 is 2. The van der Waals surface area contributed by atoms with Crippen LogP contribution in [0.2, 0.25) is 10.0 Å². The number of rotatable bonds is 15. The lowest BCUT2D eigenvalue weighted by Gasteiger charge is -2.13. The number of halogens is 2. The van der Waals surface area contributed by atoms with Crippen LogP contribution in [-0.4, -0.2) is 70.6 Å². The van der Waals surface area contributed by atoms with Gasteiger partial charge in [-0.05, 0) is 106 Å². The standard InChI is InChI=1S/C24H25ClN2O3.C16H18N2O2.C8H7ClO/c1-30-24(29)20-8-2-5-17(13-20)18-6-4-10-22(15-18)27-12-11-26-16-23(28)19-7-3-9-21(25)14-19;1-20-16(19)14-6-2-4-12(10-14)13-5-3-7-15(11-13)18-9-8-17;9-7-3-1-2-6(4-7)8-5-10-8/h2-10,13-15,23,26-28H,11-12,16H2,1H3;2-7,10-11,18H,8-9,17H2,1H3;1-4,8H,5H2/t23-;;8-/m0.0/s1. The molecule has 6 aromatic rings. The van der Waals surface area contributed by atoms with Gasteiger partial charge in [0.05, 0.1) is 38.1 Å². The summed E-state index contributed by atoms with van der Waals surface area (Å²) < 4.78 is 14.6. The highest BCUT2D eigenvalue weighted by Gasteiger charge is 2.24. The minimum absolute atomic E-state index is 0.318. The van der Waals surface area contributed by atoms with Crippen molar-refractivity contribution in [2.24, 2.45) is 5.73 Å². The van der Waals surface area contributed by atoms with E-state index in [1.807, 2.05) is 121 Å². The predicted octanol–water partition coefficient (Wildman–Crippen LogP) is 9.45. The quantitative estimate of drug-likeness (QED) is 0.0385. The number of esters is 2. The van der Waals surface area contributed by atoms with Gasteiger partial charge in [0.2, 0.25) is 0 Å². The third kappa shape index (κ3) is 14.5. The fourth-order valence-electron chi connectivity index (χ4n) is 6.03. The van der Waals surface area contributed by atoms with Gasteiger partial charge in [-0.2, -0.15) is 0 Å². The van der Waals surface area contributed by atoms with Crippen molar-refractivity contribution in [1.82, 2.24) is 5.32 Å². The van der Waals surface area contributed by atoms with E-state index in [4.69, 9.17) is 43.1 Å². The van der Waals surface area contributed by atoms with E-state index in [-0.39, 0.29) is 11.9 Å². The molecule has 12 heteroatoms. The predicted molar refractivity (Wildman–Crippen MR) is 242 cm³/mol. The van der Waals surface area contributed by atoms with E-state index in [1.54, 1.807) is 24.3 Å². The monoisotopic (exact) mass is 848 g/mol. The van der Waals surface area contributed by atoms with E-state index in [0.29, 0.717) is 48.4 Å². The van der Waals surface area contributed by atoms with Crippen molar-refractivity contribution in [2.75, 3.05) is 64.2 Å². The van der Waals surface area contributed by atoms with E-state index in [9.17, 15) is 14.7 Å². The van der Waals surface area contributed by atoms with Crippen molar-refractivity contribution in [3.63, 3.8) is 0 Å². The van der Waals surface area contributed by atoms with E-state index >= 15 is 0 Å². The van der Waals surface area contributed by atoms with Crippen LogP contribution < -0.4 is 21.7 Å². The zero-order chi connectivity index (χ0) is 42.7. The third-order valence-electron chi connectivity index (χ3n) is 9.19. The Bertz CT molecular complexity index is 2300. The fraction of sp³-hybridized carbons (Fsp3) is 0.208. The number of nitrogens with one attached hydrogen (secondary N) is 3. The van der Waals surface area contributed by atoms with Crippen LogP contribution in [0.5, 0.6) is 0 Å². The summed E-state index contributed by atoms with van der Waals surface area (Å²) in [5.74, 6) is -0.679. The molecular formula is C48H50Cl2N4O6. The molecule has 0 unspecified atom stereocenters. The molecule has 0 aliphatic carbocycles. The Balaban J connectivity index is 0.000000193. The number of hydrogen-bond donors (Lipinski definition) is 5. The summed E-state index contributed by atoms with van der Waals surface area (Å²) in [5, 5.41) is 21.5. The molecule has 7 rings (SSSR count). The second-order valence-corrected chi connectivity index (χ2v) is 14.5. The lowest BCUT2D eigenvalue weighted by Crippen LogP contribution is -2.26. The van der Waals surface area contributed by atoms with E-state index in [2.05, 4.69) is 16.0 Å². The number of benzene rings is 6. The van der Waals surface area contributed by atoms with E-state index in [0.717, 1.165) is 57.4 Å². The first-order valence-electron chi connectivity index (χ1n) is 19.4. The molecule has 0 bridgehead atoms. The van der Waals surface area contributed by atoms with Crippen molar-refractivity contribution < 1.29 is 28.9 Å². The van der Waals surface area contributed by atoms with Crippen molar-refractivity contribution in [1.29, 1.82) is 0 Å². The minimum Gasteiger partial charge on any atom is -0.465 e. The lowest BCUT2D eigenvalue weighted by atomic mass is 10.0. The molecule has 0 radical (unpaired) electrons. The molecule has 1 saturated heterocycles. The van der Waals surface area contributed by atoms with E-state index in [1.165, 1.54) is 19.8 Å². The molecule has 312 valence electrons. The maximum Gasteiger partial charge on any atom is 0.337 e. The molecule has 6 N–H and O–H groups in total. The van der Waals surface area contributed by atoms with Gasteiger partial charge >= 0.3 is 11.9 Å². The van der Waals surface area contributed by atoms with Crippen LogP contribution in [0, 0.1) is 0 Å². The summed E-state index contributed by atoms with van der Waals surface area (Å²) in [6, 6.07) is 45.8. The zero-order valence-corrected chi connectivity index (χ0v) is 35.1. The summed E-state index contributed by atoms with van der Waals surface area (Å²) in [7, 11) is 2.76. The highest BCUT2D eigenvalue weighted by molar-refractivity contribution is 6.30. The molecule has 0 spiro atoms. The Morgan fingerprint density at radius 2 is 1.15 bits per heavy atom. The first-order valence-corrected chi connectivity index (χ1v) is 20.2. The molecule has 2 atom stereocenters. The molecule has 0 aromatic heterocycles. The largest absolute Gasteiger partial charge is 0.465 e. The second-order valence-electron chi connectivity index (χ2n) is 13.6. The van der Waals surface area contributed by atoms with Crippen LogP contribution in [0.3, 0.4) is 0 Å². The van der Waals surface area contributed by atoms with Crippen LogP contribution >= 0.6 is 23.2 Å². The van der Waals surface area contributed by atoms with E-state index < -0.39 is 6.10 Å². The molecule has 1 heterocycles. The molecule has 1 aliphatic heterocycles. The van der Waals surface area contributed by atoms with Gasteiger partial charge in [-0.3, -0.25) is 0 Å². The number of carbonyl (C=O) groups excluding carboxylic acids is 2. The van der Waals surface area contributed by atoms with Crippen LogP contribution in [0.25, 0.3) is 22.3 Å². The summed E-state index contributed by atoms with van der Waals surface area (Å²) in [6.45, 7) is 4.00. The number of nitrogens with two attached hydrogens (primary N) is 1. The van der Waals surface area contributed by atoms with Gasteiger partial charge in [-0.25, -0.2) is 9.59 Å². The molecule has 1 fully saturated rings. The SMILES string of the molecule is COC(=O)c1cccc(-c2cccc(NCCN)c2)c1.COC(=O)c1cccc(-c2cccc(NCCNC[C@H](O)c3cccc(Cl)c3)c2)c1.Clc1cccc([C@@H]2CO2)c1. The number of aliphatic hydroxyl groups excluding tert-OH is 1. The van der Waals surface area contributed by atoms with Crippen LogP contribution in [0.15, 0.2) is 146 Å². The average Bonchev–Trinajstić information content (AvgIpc) is 4.15. The number of anilines is 2. The van der Waals surface area contributed by atoms with Gasteiger partial charge in [-0.15, -0.1) is 0 Å². The maximum absolute atomic E-state index is 11.8. The van der Waals surface area contributed by atoms with Crippen LogP contribution in [0.4, 0.5) is 11.4 Å². The topological polar surface area (TPSA) is 147 Å². The average molecular weight is 850 g/mol. The fourth-order valence-corrected chi connectivity index (χ4v) is 6.43. The lowest BCUT2D eigenvalue weighted by molar-refractivity contribution is 0.0592. The summed E-state index contributed by atoms with van der Waals surface area (Å²) in [5.41, 5.74) is 14.5. The molecule has 10 nitrogen and oxygen atoms in total. The molecule has 6 aromatic carbocycles. The third-order valence-corrected chi connectivity index (χ3v) is 9.66. The number of carbonyl (C=O) groups is 2. The highest BCUT2D eigenvalue weighted by Crippen LogP contribution is 2.31. The Morgan fingerprint density at radius 3 is 1.65 bits per heavy atom. The smallest absolute Gasteiger partial charge is 0.337 e. The number of aliphatic hydroxyl groups is 1. The first-order chi connectivity index (χ1) is 29.2. The Morgan fingerprint density at radius 1 is 0.667 bits per heavy atom. The van der Waals surface area contributed by atoms with Crippen LogP contribution in [0.1, 0.15) is 44.1 Å². The van der Waals surface area contributed by atoms with Gasteiger partial charge in [0, 0.05) is 54.1 Å². The number of hydrogen-bond acceptors (Lipinski definition) is 10. The van der Waals surface area contributed by atoms with Crippen molar-refractivity contribution in [3.05, 3.63) is 178 Å². The maximum atomic E-state index is 11.8. The van der Waals surface area contributed by atoms with Crippen LogP contribution in [-0.2, 0) is 14.2 Å². The number of epoxide rings is 1.